The van der Waals surface area contributed by atoms with Gasteiger partial charge in [-0.2, -0.15) is 9.65 Å². The molecule has 14 heteroatoms. The fourth-order valence-electron chi connectivity index (χ4n) is 4.19. The number of ether oxygens (including phenoxy) is 1. The molecule has 3 aromatic rings. The van der Waals surface area contributed by atoms with E-state index in [1.54, 1.807) is 6.07 Å². The first kappa shape index (κ1) is 29.4. The molecule has 214 valence electrons. The highest BCUT2D eigenvalue weighted by Crippen LogP contribution is 2.29. The Balaban J connectivity index is 1.31. The van der Waals surface area contributed by atoms with Crippen molar-refractivity contribution >= 4 is 35.0 Å². The Hall–Kier alpha value is -4.54. The number of rotatable bonds is 10. The Kier molecular flexibility index (Phi) is 9.83. The fourth-order valence-corrected chi connectivity index (χ4v) is 4.45. The minimum atomic E-state index is -1.28. The predicted molar refractivity (Wildman–Crippen MR) is 145 cm³/mol. The number of aromatic nitrogens is 2. The van der Waals surface area contributed by atoms with Crippen LogP contribution < -0.4 is 26.0 Å². The van der Waals surface area contributed by atoms with Crippen molar-refractivity contribution < 1.29 is 27.9 Å². The number of nitrogens with one attached hydrogen (secondary N) is 5. The van der Waals surface area contributed by atoms with Crippen molar-refractivity contribution in [1.82, 2.24) is 25.9 Å². The van der Waals surface area contributed by atoms with Crippen LogP contribution in [0.25, 0.3) is 11.3 Å². The highest BCUT2D eigenvalue weighted by Gasteiger charge is 2.21. The highest BCUT2D eigenvalue weighted by molar-refractivity contribution is 6.34. The number of nitriles is 1. The number of aromatic amines is 1. The Morgan fingerprint density at radius 2 is 1.83 bits per heavy atom. The molecule has 11 nitrogen and oxygen atoms in total. The van der Waals surface area contributed by atoms with E-state index < -0.39 is 35.8 Å². The SMILES string of the molecule is N#CCOc1ccc(-c2cnc(C(=O)Nc3ccc(C(=O)NCCNC(=O)C4CCNCC4)c(Cl)c3)[nH]2)c(F)c1F. The van der Waals surface area contributed by atoms with Crippen LogP contribution in [-0.4, -0.2) is 60.5 Å². The van der Waals surface area contributed by atoms with Gasteiger partial charge in [0.25, 0.3) is 11.8 Å². The largest absolute Gasteiger partial charge is 0.476 e. The second-order valence-corrected chi connectivity index (χ2v) is 9.46. The lowest BCUT2D eigenvalue weighted by atomic mass is 9.97. The average molecular weight is 586 g/mol. The number of anilines is 1. The first-order valence-electron chi connectivity index (χ1n) is 12.7. The van der Waals surface area contributed by atoms with Crippen LogP contribution in [-0.2, 0) is 4.79 Å². The molecular formula is C27H26ClF2N7O4. The molecule has 0 aliphatic carbocycles. The summed E-state index contributed by atoms with van der Waals surface area (Å²) in [5, 5.41) is 19.9. The molecule has 41 heavy (non-hydrogen) atoms. The van der Waals surface area contributed by atoms with E-state index in [4.69, 9.17) is 21.6 Å². The summed E-state index contributed by atoms with van der Waals surface area (Å²) >= 11 is 6.26. The van der Waals surface area contributed by atoms with Crippen molar-refractivity contribution in [3.05, 3.63) is 64.6 Å². The number of piperidine rings is 1. The average Bonchev–Trinajstić information content (AvgIpc) is 3.47. The van der Waals surface area contributed by atoms with Crippen LogP contribution >= 0.6 is 11.6 Å². The standard InChI is InChI=1S/C27H26ClF2N7O4/c28-19-13-16(1-2-17(19)26(39)34-11-10-33-25(38)15-5-8-32-9-6-15)36-27(40)24-35-14-20(37-24)18-3-4-21(41-12-7-31)23(30)22(18)29/h1-4,13-15,32H,5-6,8-12H2,(H,33,38)(H,34,39)(H,35,37)(H,36,40). The van der Waals surface area contributed by atoms with Crippen LogP contribution in [0.3, 0.4) is 0 Å². The second-order valence-electron chi connectivity index (χ2n) is 9.05. The van der Waals surface area contributed by atoms with Gasteiger partial charge in [-0.3, -0.25) is 14.4 Å². The molecule has 1 fully saturated rings. The lowest BCUT2D eigenvalue weighted by Gasteiger charge is -2.21. The molecule has 0 bridgehead atoms. The maximum absolute atomic E-state index is 14.5. The van der Waals surface area contributed by atoms with Gasteiger partial charge >= 0.3 is 0 Å². The van der Waals surface area contributed by atoms with Gasteiger partial charge in [0.1, 0.15) is 6.07 Å². The first-order valence-corrected chi connectivity index (χ1v) is 13.1. The van der Waals surface area contributed by atoms with E-state index in [1.807, 2.05) is 0 Å². The van der Waals surface area contributed by atoms with E-state index in [2.05, 4.69) is 31.2 Å². The molecule has 1 aliphatic rings. The summed E-state index contributed by atoms with van der Waals surface area (Å²) < 4.78 is 33.6. The molecular weight excluding hydrogens is 560 g/mol. The number of hydrogen-bond acceptors (Lipinski definition) is 7. The molecule has 5 N–H and O–H groups in total. The third kappa shape index (κ3) is 7.36. The van der Waals surface area contributed by atoms with Gasteiger partial charge in [-0.1, -0.05) is 11.6 Å². The van der Waals surface area contributed by atoms with Gasteiger partial charge in [0.15, 0.2) is 24.0 Å². The van der Waals surface area contributed by atoms with E-state index in [0.717, 1.165) is 38.2 Å². The van der Waals surface area contributed by atoms with Crippen LogP contribution in [0.5, 0.6) is 5.75 Å². The molecule has 0 saturated carbocycles. The van der Waals surface area contributed by atoms with Gasteiger partial charge in [0.05, 0.1) is 22.5 Å². The molecule has 1 aromatic heterocycles. The Bertz CT molecular complexity index is 1480. The number of amides is 3. The number of H-pyrrole nitrogens is 1. The highest BCUT2D eigenvalue weighted by atomic mass is 35.5. The molecule has 4 rings (SSSR count). The molecule has 3 amide bonds. The number of carbonyl (C=O) groups is 3. The maximum atomic E-state index is 14.5. The minimum Gasteiger partial charge on any atom is -0.476 e. The molecule has 1 saturated heterocycles. The summed E-state index contributed by atoms with van der Waals surface area (Å²) in [5.74, 6) is -4.31. The maximum Gasteiger partial charge on any atom is 0.291 e. The molecule has 1 aliphatic heterocycles. The van der Waals surface area contributed by atoms with E-state index in [0.29, 0.717) is 0 Å². The van der Waals surface area contributed by atoms with Crippen LogP contribution in [0, 0.1) is 28.9 Å². The molecule has 2 heterocycles. The summed E-state index contributed by atoms with van der Waals surface area (Å²) in [7, 11) is 0. The van der Waals surface area contributed by atoms with Gasteiger partial charge in [-0.15, -0.1) is 0 Å². The monoisotopic (exact) mass is 585 g/mol. The van der Waals surface area contributed by atoms with Gasteiger partial charge in [0, 0.05) is 30.3 Å². The van der Waals surface area contributed by atoms with Gasteiger partial charge in [-0.05, 0) is 56.3 Å². The predicted octanol–water partition coefficient (Wildman–Crippen LogP) is 3.01. The van der Waals surface area contributed by atoms with E-state index in [-0.39, 0.29) is 58.3 Å². The zero-order valence-electron chi connectivity index (χ0n) is 21.7. The number of carbonyl (C=O) groups excluding carboxylic acids is 3. The summed E-state index contributed by atoms with van der Waals surface area (Å²) in [5.41, 5.74) is 0.285. The zero-order chi connectivity index (χ0) is 29.4. The third-order valence-corrected chi connectivity index (χ3v) is 6.62. The second kappa shape index (κ2) is 13.7. The fraction of sp³-hybridized carbons (Fsp3) is 0.296. The first-order chi connectivity index (χ1) is 19.8. The van der Waals surface area contributed by atoms with Crippen LogP contribution in [0.15, 0.2) is 36.5 Å². The number of benzene rings is 2. The van der Waals surface area contributed by atoms with Crippen molar-refractivity contribution in [3.63, 3.8) is 0 Å². The molecule has 0 unspecified atom stereocenters. The molecule has 0 radical (unpaired) electrons. The van der Waals surface area contributed by atoms with Crippen molar-refractivity contribution in [3.8, 4) is 23.1 Å². The normalized spacial score (nSPS) is 13.2. The number of halogens is 3. The summed E-state index contributed by atoms with van der Waals surface area (Å²) in [6, 6.07) is 8.34. The number of imidazole rings is 1. The smallest absolute Gasteiger partial charge is 0.291 e. The van der Waals surface area contributed by atoms with Crippen molar-refractivity contribution in [1.29, 1.82) is 5.26 Å². The van der Waals surface area contributed by atoms with Crippen molar-refractivity contribution in [2.24, 2.45) is 5.92 Å². The van der Waals surface area contributed by atoms with Crippen LogP contribution in [0.1, 0.15) is 33.8 Å². The molecule has 0 spiro atoms. The number of nitrogens with zero attached hydrogens (tertiary/aromatic N) is 2. The van der Waals surface area contributed by atoms with E-state index >= 15 is 0 Å². The minimum absolute atomic E-state index is 0.0245. The summed E-state index contributed by atoms with van der Waals surface area (Å²) in [6.45, 7) is 1.66. The van der Waals surface area contributed by atoms with E-state index in [1.165, 1.54) is 24.3 Å². The molecule has 2 aromatic carbocycles. The van der Waals surface area contributed by atoms with Crippen molar-refractivity contribution in [2.75, 3.05) is 38.1 Å². The van der Waals surface area contributed by atoms with Gasteiger partial charge in [-0.25, -0.2) is 9.37 Å². The van der Waals surface area contributed by atoms with Crippen molar-refractivity contribution in [2.45, 2.75) is 12.8 Å². The summed E-state index contributed by atoms with van der Waals surface area (Å²) in [4.78, 5) is 43.9. The Morgan fingerprint density at radius 1 is 1.07 bits per heavy atom. The Morgan fingerprint density at radius 3 is 2.56 bits per heavy atom. The Labute approximate surface area is 238 Å². The van der Waals surface area contributed by atoms with Gasteiger partial charge in [0.2, 0.25) is 11.7 Å². The van der Waals surface area contributed by atoms with E-state index in [9.17, 15) is 23.2 Å². The summed E-state index contributed by atoms with van der Waals surface area (Å²) in [6.07, 6.45) is 2.73. The lowest BCUT2D eigenvalue weighted by Crippen LogP contribution is -2.41. The van der Waals surface area contributed by atoms with Gasteiger partial charge < -0.3 is 31.0 Å². The third-order valence-electron chi connectivity index (χ3n) is 6.31. The lowest BCUT2D eigenvalue weighted by molar-refractivity contribution is -0.125. The zero-order valence-corrected chi connectivity index (χ0v) is 22.4. The van der Waals surface area contributed by atoms with Crippen LogP contribution in [0.2, 0.25) is 5.02 Å². The number of hydrogen-bond donors (Lipinski definition) is 5. The molecule has 0 atom stereocenters. The topological polar surface area (TPSA) is 161 Å². The van der Waals surface area contributed by atoms with Crippen LogP contribution in [0.4, 0.5) is 14.5 Å². The quantitative estimate of drug-likeness (QED) is 0.229.